The summed E-state index contributed by atoms with van der Waals surface area (Å²) in [4.78, 5) is 11.3. The number of anilines is 1. The van der Waals surface area contributed by atoms with Gasteiger partial charge in [0.25, 0.3) is 0 Å². The van der Waals surface area contributed by atoms with Crippen LogP contribution < -0.4 is 10.5 Å². The molecule has 0 aliphatic carbocycles. The van der Waals surface area contributed by atoms with Gasteiger partial charge in [0.1, 0.15) is 11.9 Å². The van der Waals surface area contributed by atoms with E-state index in [1.807, 2.05) is 0 Å². The van der Waals surface area contributed by atoms with Crippen LogP contribution >= 0.6 is 0 Å². The Kier molecular flexibility index (Phi) is 3.59. The molecule has 0 saturated heterocycles. The van der Waals surface area contributed by atoms with Gasteiger partial charge in [0, 0.05) is 0 Å². The number of carbonyl (C=O) groups excluding carboxylic acids is 1. The molecule has 0 radical (unpaired) electrons. The van der Waals surface area contributed by atoms with Crippen molar-refractivity contribution in [3.8, 4) is 5.75 Å². The number of aliphatic hydroxyl groups is 3. The number of aliphatic hydroxyl groups excluding tert-OH is 3. The SMILES string of the molecule is Nc1ccccc1OC1=C(O)C(=O)O[C@@H]1[C@@H](O)CO. The van der Waals surface area contributed by atoms with E-state index >= 15 is 0 Å². The second-order valence-electron chi connectivity index (χ2n) is 3.93. The van der Waals surface area contributed by atoms with Crippen molar-refractivity contribution in [1.29, 1.82) is 0 Å². The second kappa shape index (κ2) is 5.17. The summed E-state index contributed by atoms with van der Waals surface area (Å²) in [5, 5.41) is 28.0. The molecule has 1 aliphatic heterocycles. The summed E-state index contributed by atoms with van der Waals surface area (Å²) >= 11 is 0. The Bertz CT molecular complexity index is 527. The lowest BCUT2D eigenvalue weighted by atomic mass is 10.2. The summed E-state index contributed by atoms with van der Waals surface area (Å²) < 4.78 is 10.0. The number of hydrogen-bond acceptors (Lipinski definition) is 7. The van der Waals surface area contributed by atoms with Crippen molar-refractivity contribution in [3.63, 3.8) is 0 Å². The second-order valence-corrected chi connectivity index (χ2v) is 3.93. The van der Waals surface area contributed by atoms with Gasteiger partial charge in [-0.25, -0.2) is 4.79 Å². The maximum absolute atomic E-state index is 11.3. The minimum absolute atomic E-state index is 0.206. The van der Waals surface area contributed by atoms with Gasteiger partial charge in [-0.2, -0.15) is 0 Å². The van der Waals surface area contributed by atoms with Gasteiger partial charge in [0.15, 0.2) is 11.9 Å². The van der Waals surface area contributed by atoms with Gasteiger partial charge < -0.3 is 30.5 Å². The van der Waals surface area contributed by atoms with Crippen molar-refractivity contribution in [2.45, 2.75) is 12.2 Å². The van der Waals surface area contributed by atoms with Crippen LogP contribution in [0.25, 0.3) is 0 Å². The van der Waals surface area contributed by atoms with Crippen molar-refractivity contribution in [2.75, 3.05) is 12.3 Å². The predicted molar refractivity (Wildman–Crippen MR) is 64.1 cm³/mol. The summed E-state index contributed by atoms with van der Waals surface area (Å²) in [5.74, 6) is -1.84. The Morgan fingerprint density at radius 2 is 2.11 bits per heavy atom. The third kappa shape index (κ3) is 2.47. The quantitative estimate of drug-likeness (QED) is 0.436. The first-order valence-corrected chi connectivity index (χ1v) is 5.50. The highest BCUT2D eigenvalue weighted by Crippen LogP contribution is 2.29. The van der Waals surface area contributed by atoms with Crippen molar-refractivity contribution in [2.24, 2.45) is 0 Å². The Morgan fingerprint density at radius 1 is 1.42 bits per heavy atom. The Balaban J connectivity index is 2.30. The molecule has 1 aliphatic rings. The molecule has 1 aromatic rings. The molecule has 0 fully saturated rings. The number of para-hydroxylation sites is 2. The first-order valence-electron chi connectivity index (χ1n) is 5.50. The molecular weight excluding hydrogens is 254 g/mol. The van der Waals surface area contributed by atoms with E-state index < -0.39 is 30.5 Å². The third-order valence-electron chi connectivity index (χ3n) is 2.59. The summed E-state index contributed by atoms with van der Waals surface area (Å²) in [6.45, 7) is -0.650. The van der Waals surface area contributed by atoms with Crippen molar-refractivity contribution in [1.82, 2.24) is 0 Å². The summed E-state index contributed by atoms with van der Waals surface area (Å²) in [7, 11) is 0. The van der Waals surface area contributed by atoms with Crippen LogP contribution in [0.2, 0.25) is 0 Å². The van der Waals surface area contributed by atoms with E-state index in [2.05, 4.69) is 0 Å². The molecule has 0 bridgehead atoms. The minimum Gasteiger partial charge on any atom is -0.499 e. The van der Waals surface area contributed by atoms with Gasteiger partial charge in [-0.05, 0) is 12.1 Å². The largest absolute Gasteiger partial charge is 0.499 e. The first-order chi connectivity index (χ1) is 9.04. The van der Waals surface area contributed by atoms with Crippen LogP contribution in [-0.4, -0.2) is 40.1 Å². The zero-order valence-electron chi connectivity index (χ0n) is 9.81. The first kappa shape index (κ1) is 13.2. The Morgan fingerprint density at radius 3 is 2.74 bits per heavy atom. The third-order valence-corrected chi connectivity index (χ3v) is 2.59. The van der Waals surface area contributed by atoms with Gasteiger partial charge in [0.05, 0.1) is 12.3 Å². The average molecular weight is 267 g/mol. The lowest BCUT2D eigenvalue weighted by Gasteiger charge is -2.18. The van der Waals surface area contributed by atoms with Gasteiger partial charge in [-0.1, -0.05) is 12.1 Å². The van der Waals surface area contributed by atoms with Gasteiger partial charge in [0.2, 0.25) is 5.76 Å². The molecule has 0 saturated carbocycles. The van der Waals surface area contributed by atoms with Crippen LogP contribution in [0, 0.1) is 0 Å². The molecule has 7 heteroatoms. The highest BCUT2D eigenvalue weighted by Gasteiger charge is 2.41. The van der Waals surface area contributed by atoms with E-state index in [-0.39, 0.29) is 11.5 Å². The van der Waals surface area contributed by atoms with E-state index in [1.165, 1.54) is 6.07 Å². The maximum atomic E-state index is 11.3. The fourth-order valence-electron chi connectivity index (χ4n) is 1.61. The zero-order valence-corrected chi connectivity index (χ0v) is 9.81. The van der Waals surface area contributed by atoms with E-state index in [4.69, 9.17) is 20.3 Å². The monoisotopic (exact) mass is 267 g/mol. The van der Waals surface area contributed by atoms with E-state index in [0.29, 0.717) is 5.69 Å². The van der Waals surface area contributed by atoms with Crippen LogP contribution in [0.15, 0.2) is 35.8 Å². The standard InChI is InChI=1S/C12H13NO6/c13-6-3-1-2-4-8(6)18-11-9(16)12(17)19-10(11)7(15)5-14/h1-4,7,10,14-16H,5,13H2/t7-,10+/m0/s1. The van der Waals surface area contributed by atoms with E-state index in [0.717, 1.165) is 0 Å². The molecule has 0 amide bonds. The molecule has 7 nitrogen and oxygen atoms in total. The molecular formula is C12H13NO6. The van der Waals surface area contributed by atoms with Crippen LogP contribution in [0.4, 0.5) is 5.69 Å². The number of benzene rings is 1. The number of nitrogen functional groups attached to an aromatic ring is 1. The van der Waals surface area contributed by atoms with Crippen molar-refractivity contribution < 1.29 is 29.6 Å². The highest BCUT2D eigenvalue weighted by molar-refractivity contribution is 5.89. The van der Waals surface area contributed by atoms with Gasteiger partial charge in [-0.3, -0.25) is 0 Å². The van der Waals surface area contributed by atoms with Crippen molar-refractivity contribution >= 4 is 11.7 Å². The number of cyclic esters (lactones) is 1. The molecule has 0 aromatic heterocycles. The van der Waals surface area contributed by atoms with E-state index in [9.17, 15) is 15.0 Å². The van der Waals surface area contributed by atoms with Gasteiger partial charge in [-0.15, -0.1) is 0 Å². The van der Waals surface area contributed by atoms with E-state index in [1.54, 1.807) is 18.2 Å². The smallest absolute Gasteiger partial charge is 0.378 e. The fourth-order valence-corrected chi connectivity index (χ4v) is 1.61. The highest BCUT2D eigenvalue weighted by atomic mass is 16.6. The molecule has 1 heterocycles. The molecule has 5 N–H and O–H groups in total. The summed E-state index contributed by atoms with van der Waals surface area (Å²) in [6.07, 6.45) is -2.66. The Hall–Kier alpha value is -2.25. The Labute approximate surface area is 108 Å². The lowest BCUT2D eigenvalue weighted by molar-refractivity contribution is -0.147. The van der Waals surface area contributed by atoms with Crippen molar-refractivity contribution in [3.05, 3.63) is 35.8 Å². The normalized spacial score (nSPS) is 20.3. The number of nitrogens with two attached hydrogens (primary N) is 1. The summed E-state index contributed by atoms with van der Waals surface area (Å²) in [6, 6.07) is 6.44. The molecule has 0 spiro atoms. The molecule has 2 atom stereocenters. The molecule has 2 rings (SSSR count). The van der Waals surface area contributed by atoms with Crippen LogP contribution in [-0.2, 0) is 9.53 Å². The molecule has 102 valence electrons. The lowest BCUT2D eigenvalue weighted by Crippen LogP contribution is -2.33. The number of carbonyl (C=O) groups is 1. The predicted octanol–water partition coefficient (Wildman–Crippen LogP) is -0.304. The number of ether oxygens (including phenoxy) is 2. The molecule has 1 aromatic carbocycles. The summed E-state index contributed by atoms with van der Waals surface area (Å²) in [5.41, 5.74) is 5.96. The molecule has 19 heavy (non-hydrogen) atoms. The van der Waals surface area contributed by atoms with Crippen LogP contribution in [0.3, 0.4) is 0 Å². The molecule has 0 unspecified atom stereocenters. The maximum Gasteiger partial charge on any atom is 0.378 e. The average Bonchev–Trinajstić information content (AvgIpc) is 2.68. The minimum atomic E-state index is -1.39. The number of hydrogen-bond donors (Lipinski definition) is 4. The number of esters is 1. The fraction of sp³-hybridized carbons (Fsp3) is 0.250. The van der Waals surface area contributed by atoms with Crippen LogP contribution in [0.5, 0.6) is 5.75 Å². The number of rotatable bonds is 4. The van der Waals surface area contributed by atoms with Gasteiger partial charge >= 0.3 is 5.97 Å². The zero-order chi connectivity index (χ0) is 14.0. The topological polar surface area (TPSA) is 122 Å². The van der Waals surface area contributed by atoms with Crippen LogP contribution in [0.1, 0.15) is 0 Å².